The Morgan fingerprint density at radius 2 is 1.79 bits per heavy atom. The van der Waals surface area contributed by atoms with Crippen molar-refractivity contribution in [2.45, 2.75) is 19.0 Å². The van der Waals surface area contributed by atoms with E-state index in [1.54, 1.807) is 36.6 Å². The number of rotatable bonds is 6. The highest BCUT2D eigenvalue weighted by Crippen LogP contribution is 2.34. The number of thiophene rings is 1. The number of imide groups is 1. The van der Waals surface area contributed by atoms with Gasteiger partial charge in [-0.3, -0.25) is 19.4 Å². The SMILES string of the molecule is COc1ccc(N2C(=O)C[C@H](N3CCN(Cc4cccs4)CC3)C2=O)cc1OC. The topological polar surface area (TPSA) is 62.3 Å². The van der Waals surface area contributed by atoms with Crippen molar-refractivity contribution in [1.29, 1.82) is 0 Å². The second-order valence-electron chi connectivity index (χ2n) is 7.22. The molecule has 2 amide bonds. The highest BCUT2D eigenvalue weighted by atomic mass is 32.1. The molecule has 4 rings (SSSR count). The third-order valence-corrected chi connectivity index (χ3v) is 6.42. The molecule has 7 nitrogen and oxygen atoms in total. The van der Waals surface area contributed by atoms with Gasteiger partial charge in [0.05, 0.1) is 32.4 Å². The minimum Gasteiger partial charge on any atom is -0.493 e. The number of carbonyl (C=O) groups is 2. The second-order valence-corrected chi connectivity index (χ2v) is 8.25. The van der Waals surface area contributed by atoms with Gasteiger partial charge in [0, 0.05) is 43.7 Å². The summed E-state index contributed by atoms with van der Waals surface area (Å²) in [5, 5.41) is 2.09. The van der Waals surface area contributed by atoms with Crippen LogP contribution in [0.15, 0.2) is 35.7 Å². The third-order valence-electron chi connectivity index (χ3n) is 5.56. The van der Waals surface area contributed by atoms with Crippen LogP contribution in [0.5, 0.6) is 11.5 Å². The minimum atomic E-state index is -0.389. The average molecular weight is 416 g/mol. The van der Waals surface area contributed by atoms with E-state index in [0.717, 1.165) is 32.7 Å². The summed E-state index contributed by atoms with van der Waals surface area (Å²) in [6.07, 6.45) is 0.220. The van der Waals surface area contributed by atoms with Gasteiger partial charge in [-0.1, -0.05) is 6.07 Å². The molecule has 0 saturated carbocycles. The number of hydrogen-bond acceptors (Lipinski definition) is 7. The molecule has 2 fully saturated rings. The van der Waals surface area contributed by atoms with Crippen molar-refractivity contribution >= 4 is 28.8 Å². The Kier molecular flexibility index (Phi) is 5.84. The summed E-state index contributed by atoms with van der Waals surface area (Å²) in [4.78, 5) is 32.9. The Bertz CT molecular complexity index is 878. The molecule has 1 atom stereocenters. The number of carbonyl (C=O) groups excluding carboxylic acids is 2. The molecule has 0 bridgehead atoms. The third kappa shape index (κ3) is 4.01. The van der Waals surface area contributed by atoms with Crippen LogP contribution in [0.2, 0.25) is 0 Å². The minimum absolute atomic E-state index is 0.158. The van der Waals surface area contributed by atoms with Crippen molar-refractivity contribution in [2.24, 2.45) is 0 Å². The van der Waals surface area contributed by atoms with E-state index < -0.39 is 0 Å². The van der Waals surface area contributed by atoms with E-state index in [1.165, 1.54) is 16.9 Å². The fourth-order valence-electron chi connectivity index (χ4n) is 3.99. The maximum Gasteiger partial charge on any atom is 0.251 e. The first-order valence-electron chi connectivity index (χ1n) is 9.68. The maximum absolute atomic E-state index is 13.1. The van der Waals surface area contributed by atoms with Crippen molar-refractivity contribution in [3.8, 4) is 11.5 Å². The molecule has 2 aromatic rings. The molecule has 3 heterocycles. The average Bonchev–Trinajstić information content (AvgIpc) is 3.35. The van der Waals surface area contributed by atoms with Gasteiger partial charge in [0.2, 0.25) is 5.91 Å². The van der Waals surface area contributed by atoms with Crippen molar-refractivity contribution in [3.63, 3.8) is 0 Å². The van der Waals surface area contributed by atoms with Crippen molar-refractivity contribution in [1.82, 2.24) is 9.80 Å². The molecule has 0 spiro atoms. The molecule has 8 heteroatoms. The monoisotopic (exact) mass is 415 g/mol. The molecule has 154 valence electrons. The van der Waals surface area contributed by atoms with Crippen molar-refractivity contribution in [3.05, 3.63) is 40.6 Å². The van der Waals surface area contributed by atoms with Crippen LogP contribution in [-0.2, 0) is 16.1 Å². The first-order chi connectivity index (χ1) is 14.1. The summed E-state index contributed by atoms with van der Waals surface area (Å²) in [5.74, 6) is 0.729. The number of amides is 2. The van der Waals surface area contributed by atoms with Crippen molar-refractivity contribution in [2.75, 3.05) is 45.3 Å². The number of ether oxygens (including phenoxy) is 2. The Hall–Kier alpha value is -2.42. The van der Waals surface area contributed by atoms with Gasteiger partial charge >= 0.3 is 0 Å². The van der Waals surface area contributed by atoms with Gasteiger partial charge in [0.15, 0.2) is 11.5 Å². The second kappa shape index (κ2) is 8.52. The van der Waals surface area contributed by atoms with E-state index in [0.29, 0.717) is 17.2 Å². The van der Waals surface area contributed by atoms with Gasteiger partial charge in [-0.15, -0.1) is 11.3 Å². The zero-order valence-corrected chi connectivity index (χ0v) is 17.5. The normalized spacial score (nSPS) is 21.0. The molecule has 2 aliphatic rings. The van der Waals surface area contributed by atoms with Crippen LogP contribution in [0.25, 0.3) is 0 Å². The zero-order valence-electron chi connectivity index (χ0n) is 16.7. The van der Waals surface area contributed by atoms with Crippen LogP contribution in [-0.4, -0.2) is 68.1 Å². The van der Waals surface area contributed by atoms with Crippen LogP contribution in [0.4, 0.5) is 5.69 Å². The quantitative estimate of drug-likeness (QED) is 0.675. The summed E-state index contributed by atoms with van der Waals surface area (Å²) in [7, 11) is 3.09. The summed E-state index contributed by atoms with van der Waals surface area (Å²) in [5.41, 5.74) is 0.525. The molecule has 0 aliphatic carbocycles. The van der Waals surface area contributed by atoms with Gasteiger partial charge in [-0.25, -0.2) is 4.90 Å². The number of anilines is 1. The van der Waals surface area contributed by atoms with Crippen LogP contribution < -0.4 is 14.4 Å². The molecule has 1 aromatic heterocycles. The predicted molar refractivity (Wildman–Crippen MR) is 112 cm³/mol. The lowest BCUT2D eigenvalue weighted by atomic mass is 10.1. The lowest BCUT2D eigenvalue weighted by Crippen LogP contribution is -2.52. The number of hydrogen-bond donors (Lipinski definition) is 0. The highest BCUT2D eigenvalue weighted by molar-refractivity contribution is 7.09. The van der Waals surface area contributed by atoms with Crippen molar-refractivity contribution < 1.29 is 19.1 Å². The molecular formula is C21H25N3O4S. The Morgan fingerprint density at radius 3 is 2.45 bits per heavy atom. The molecule has 0 unspecified atom stereocenters. The molecule has 1 aromatic carbocycles. The van der Waals surface area contributed by atoms with E-state index >= 15 is 0 Å². The van der Waals surface area contributed by atoms with E-state index in [1.807, 2.05) is 0 Å². The highest BCUT2D eigenvalue weighted by Gasteiger charge is 2.43. The lowest BCUT2D eigenvalue weighted by molar-refractivity contribution is -0.123. The van der Waals surface area contributed by atoms with Crippen LogP contribution >= 0.6 is 11.3 Å². The zero-order chi connectivity index (χ0) is 20.4. The van der Waals surface area contributed by atoms with Gasteiger partial charge in [0.1, 0.15) is 0 Å². The largest absolute Gasteiger partial charge is 0.493 e. The maximum atomic E-state index is 13.1. The smallest absolute Gasteiger partial charge is 0.251 e. The van der Waals surface area contributed by atoms with Gasteiger partial charge < -0.3 is 9.47 Å². The number of nitrogens with zero attached hydrogens (tertiary/aromatic N) is 3. The Balaban J connectivity index is 1.42. The number of benzene rings is 1. The Morgan fingerprint density at radius 1 is 1.03 bits per heavy atom. The number of methoxy groups -OCH3 is 2. The number of piperazine rings is 1. The predicted octanol–water partition coefficient (Wildman–Crippen LogP) is 2.21. The molecular weight excluding hydrogens is 390 g/mol. The van der Waals surface area contributed by atoms with Gasteiger partial charge in [-0.05, 0) is 23.6 Å². The van der Waals surface area contributed by atoms with Crippen LogP contribution in [0, 0.1) is 0 Å². The van der Waals surface area contributed by atoms with E-state index in [2.05, 4.69) is 27.3 Å². The fraction of sp³-hybridized carbons (Fsp3) is 0.429. The van der Waals surface area contributed by atoms with E-state index in [-0.39, 0.29) is 24.3 Å². The molecule has 0 radical (unpaired) electrons. The van der Waals surface area contributed by atoms with Gasteiger partial charge in [0.25, 0.3) is 5.91 Å². The lowest BCUT2D eigenvalue weighted by Gasteiger charge is -2.36. The first-order valence-corrected chi connectivity index (χ1v) is 10.6. The first kappa shape index (κ1) is 19.9. The molecule has 29 heavy (non-hydrogen) atoms. The molecule has 2 aliphatic heterocycles. The molecule has 2 saturated heterocycles. The van der Waals surface area contributed by atoms with E-state index in [4.69, 9.17) is 9.47 Å². The summed E-state index contributed by atoms with van der Waals surface area (Å²) in [6.45, 7) is 4.31. The summed E-state index contributed by atoms with van der Waals surface area (Å²) >= 11 is 1.77. The summed E-state index contributed by atoms with van der Waals surface area (Å²) < 4.78 is 10.6. The Labute approximate surface area is 174 Å². The summed E-state index contributed by atoms with van der Waals surface area (Å²) in [6, 6.07) is 8.94. The van der Waals surface area contributed by atoms with Gasteiger partial charge in [-0.2, -0.15) is 0 Å². The fourth-order valence-corrected chi connectivity index (χ4v) is 4.74. The van der Waals surface area contributed by atoms with Crippen LogP contribution in [0.3, 0.4) is 0 Å². The standard InChI is InChI=1S/C21H25N3O4S/c1-27-18-6-5-15(12-19(18)28-2)24-20(25)13-17(21(24)26)23-9-7-22(8-10-23)14-16-4-3-11-29-16/h3-6,11-12,17H,7-10,13-14H2,1-2H3/t17-/m0/s1. The molecule has 0 N–H and O–H groups in total. The van der Waals surface area contributed by atoms with E-state index in [9.17, 15) is 9.59 Å². The van der Waals surface area contributed by atoms with Crippen LogP contribution in [0.1, 0.15) is 11.3 Å².